The summed E-state index contributed by atoms with van der Waals surface area (Å²) in [5.41, 5.74) is 0.786. The molecule has 0 aliphatic carbocycles. The van der Waals surface area contributed by atoms with Crippen LogP contribution in [-0.2, 0) is 14.3 Å². The predicted octanol–water partition coefficient (Wildman–Crippen LogP) is 2.55. The van der Waals surface area contributed by atoms with E-state index in [0.29, 0.717) is 18.2 Å². The standard InChI is InChI=1S/C12H15BrClNO3/c1-17-6-5-15-11(12(16)18-2)8-3-4-10(14)9(13)7-8/h3-4,7,11,15H,5-6H2,1-2H3. The fraction of sp³-hybridized carbons (Fsp3) is 0.417. The Bertz CT molecular complexity index is 414. The molecule has 1 unspecified atom stereocenters. The minimum absolute atomic E-state index is 0.347. The lowest BCUT2D eigenvalue weighted by Crippen LogP contribution is -2.32. The lowest BCUT2D eigenvalue weighted by molar-refractivity contribution is -0.143. The molecule has 0 amide bonds. The predicted molar refractivity (Wildman–Crippen MR) is 73.8 cm³/mol. The summed E-state index contributed by atoms with van der Waals surface area (Å²) in [6.45, 7) is 1.07. The molecular formula is C12H15BrClNO3. The third kappa shape index (κ3) is 4.24. The fourth-order valence-corrected chi connectivity index (χ4v) is 1.97. The molecule has 100 valence electrons. The number of carbonyl (C=O) groups excluding carboxylic acids is 1. The zero-order valence-corrected chi connectivity index (χ0v) is 12.5. The van der Waals surface area contributed by atoms with Gasteiger partial charge in [0.15, 0.2) is 0 Å². The molecule has 0 aromatic heterocycles. The molecule has 0 bridgehead atoms. The maximum atomic E-state index is 11.7. The third-order valence-electron chi connectivity index (χ3n) is 2.37. The lowest BCUT2D eigenvalue weighted by Gasteiger charge is -2.17. The van der Waals surface area contributed by atoms with E-state index in [9.17, 15) is 4.79 Å². The first kappa shape index (κ1) is 15.4. The Morgan fingerprint density at radius 3 is 2.78 bits per heavy atom. The number of rotatable bonds is 6. The van der Waals surface area contributed by atoms with E-state index in [-0.39, 0.29) is 5.97 Å². The van der Waals surface area contributed by atoms with Crippen LogP contribution < -0.4 is 5.32 Å². The second-order valence-electron chi connectivity index (χ2n) is 3.58. The Balaban J connectivity index is 2.87. The van der Waals surface area contributed by atoms with Crippen molar-refractivity contribution in [2.45, 2.75) is 6.04 Å². The van der Waals surface area contributed by atoms with E-state index in [0.717, 1.165) is 10.0 Å². The van der Waals surface area contributed by atoms with Crippen molar-refractivity contribution in [1.29, 1.82) is 0 Å². The minimum atomic E-state index is -0.529. The molecule has 18 heavy (non-hydrogen) atoms. The van der Waals surface area contributed by atoms with Crippen molar-refractivity contribution < 1.29 is 14.3 Å². The van der Waals surface area contributed by atoms with Crippen LogP contribution in [0.1, 0.15) is 11.6 Å². The van der Waals surface area contributed by atoms with Gasteiger partial charge >= 0.3 is 5.97 Å². The van der Waals surface area contributed by atoms with Crippen LogP contribution >= 0.6 is 27.5 Å². The molecule has 0 aliphatic rings. The van der Waals surface area contributed by atoms with Crippen LogP contribution in [-0.4, -0.2) is 33.3 Å². The monoisotopic (exact) mass is 335 g/mol. The van der Waals surface area contributed by atoms with Crippen LogP contribution in [0.5, 0.6) is 0 Å². The van der Waals surface area contributed by atoms with E-state index in [4.69, 9.17) is 21.1 Å². The van der Waals surface area contributed by atoms with E-state index in [1.54, 1.807) is 25.3 Å². The number of hydrogen-bond acceptors (Lipinski definition) is 4. The molecule has 1 aromatic rings. The van der Waals surface area contributed by atoms with Crippen LogP contribution in [0, 0.1) is 0 Å². The third-order valence-corrected chi connectivity index (χ3v) is 3.58. The molecule has 0 radical (unpaired) electrons. The quantitative estimate of drug-likeness (QED) is 0.641. The summed E-state index contributed by atoms with van der Waals surface area (Å²) in [7, 11) is 2.96. The van der Waals surface area contributed by atoms with E-state index in [1.807, 2.05) is 0 Å². The minimum Gasteiger partial charge on any atom is -0.468 e. The van der Waals surface area contributed by atoms with E-state index >= 15 is 0 Å². The first-order valence-corrected chi connectivity index (χ1v) is 6.52. The highest BCUT2D eigenvalue weighted by Crippen LogP contribution is 2.26. The summed E-state index contributed by atoms with van der Waals surface area (Å²) in [4.78, 5) is 11.7. The number of ether oxygens (including phenoxy) is 2. The van der Waals surface area contributed by atoms with Crippen LogP contribution in [0.4, 0.5) is 0 Å². The maximum Gasteiger partial charge on any atom is 0.327 e. The zero-order valence-electron chi connectivity index (χ0n) is 10.2. The Kier molecular flexibility index (Phi) is 6.63. The van der Waals surface area contributed by atoms with Gasteiger partial charge in [0.1, 0.15) is 6.04 Å². The molecule has 4 nitrogen and oxygen atoms in total. The lowest BCUT2D eigenvalue weighted by atomic mass is 10.1. The molecule has 1 rings (SSSR count). The van der Waals surface area contributed by atoms with Crippen molar-refractivity contribution in [1.82, 2.24) is 5.32 Å². The van der Waals surface area contributed by atoms with Crippen molar-refractivity contribution >= 4 is 33.5 Å². The maximum absolute atomic E-state index is 11.7. The van der Waals surface area contributed by atoms with Crippen molar-refractivity contribution in [3.05, 3.63) is 33.3 Å². The van der Waals surface area contributed by atoms with E-state index < -0.39 is 6.04 Å². The van der Waals surface area contributed by atoms with Gasteiger partial charge in [-0.2, -0.15) is 0 Å². The largest absolute Gasteiger partial charge is 0.468 e. The van der Waals surface area contributed by atoms with Crippen LogP contribution in [0.2, 0.25) is 5.02 Å². The summed E-state index contributed by atoms with van der Waals surface area (Å²) in [5, 5.41) is 3.67. The molecule has 0 heterocycles. The smallest absolute Gasteiger partial charge is 0.327 e. The number of methoxy groups -OCH3 is 2. The Labute approximate surface area is 120 Å². The zero-order chi connectivity index (χ0) is 13.5. The summed E-state index contributed by atoms with van der Waals surface area (Å²) in [5.74, 6) is -0.347. The molecule has 0 saturated heterocycles. The molecule has 0 spiro atoms. The molecule has 0 aliphatic heterocycles. The van der Waals surface area contributed by atoms with Crippen molar-refractivity contribution in [3.8, 4) is 0 Å². The normalized spacial score (nSPS) is 12.2. The van der Waals surface area contributed by atoms with Gasteiger partial charge in [0, 0.05) is 18.1 Å². The van der Waals surface area contributed by atoms with Gasteiger partial charge in [-0.15, -0.1) is 0 Å². The summed E-state index contributed by atoms with van der Waals surface area (Å²) >= 11 is 9.25. The number of esters is 1. The van der Waals surface area contributed by atoms with E-state index in [2.05, 4.69) is 21.2 Å². The van der Waals surface area contributed by atoms with Crippen LogP contribution in [0.3, 0.4) is 0 Å². The van der Waals surface area contributed by atoms with Crippen molar-refractivity contribution in [2.24, 2.45) is 0 Å². The average Bonchev–Trinajstić information content (AvgIpc) is 2.37. The van der Waals surface area contributed by atoms with Gasteiger partial charge in [-0.1, -0.05) is 17.7 Å². The number of halogens is 2. The molecular weight excluding hydrogens is 321 g/mol. The highest BCUT2D eigenvalue weighted by molar-refractivity contribution is 9.10. The molecule has 0 fully saturated rings. The average molecular weight is 337 g/mol. The fourth-order valence-electron chi connectivity index (χ4n) is 1.45. The van der Waals surface area contributed by atoms with Gasteiger partial charge in [-0.05, 0) is 33.6 Å². The first-order chi connectivity index (χ1) is 8.60. The van der Waals surface area contributed by atoms with Gasteiger partial charge in [0.05, 0.1) is 18.7 Å². The van der Waals surface area contributed by atoms with Crippen molar-refractivity contribution in [2.75, 3.05) is 27.4 Å². The second kappa shape index (κ2) is 7.74. The van der Waals surface area contributed by atoms with Gasteiger partial charge in [0.25, 0.3) is 0 Å². The van der Waals surface area contributed by atoms with E-state index in [1.165, 1.54) is 7.11 Å². The highest BCUT2D eigenvalue weighted by Gasteiger charge is 2.21. The highest BCUT2D eigenvalue weighted by atomic mass is 79.9. The molecule has 6 heteroatoms. The summed E-state index contributed by atoms with van der Waals surface area (Å²) in [6, 6.07) is 4.78. The summed E-state index contributed by atoms with van der Waals surface area (Å²) in [6.07, 6.45) is 0. The van der Waals surface area contributed by atoms with Gasteiger partial charge in [-0.3, -0.25) is 5.32 Å². The Hall–Kier alpha value is -0.620. The van der Waals surface area contributed by atoms with Crippen molar-refractivity contribution in [3.63, 3.8) is 0 Å². The number of benzene rings is 1. The number of nitrogens with one attached hydrogen (secondary N) is 1. The molecule has 0 saturated carbocycles. The van der Waals surface area contributed by atoms with Crippen LogP contribution in [0.15, 0.2) is 22.7 Å². The molecule has 1 N–H and O–H groups in total. The molecule has 1 aromatic carbocycles. The molecule has 1 atom stereocenters. The van der Waals surface area contributed by atoms with Crippen LogP contribution in [0.25, 0.3) is 0 Å². The first-order valence-electron chi connectivity index (χ1n) is 5.35. The summed E-state index contributed by atoms with van der Waals surface area (Å²) < 4.78 is 10.5. The Morgan fingerprint density at radius 2 is 2.22 bits per heavy atom. The number of carbonyl (C=O) groups is 1. The van der Waals surface area contributed by atoms with Gasteiger partial charge in [0.2, 0.25) is 0 Å². The van der Waals surface area contributed by atoms with Gasteiger partial charge in [-0.25, -0.2) is 4.79 Å². The van der Waals surface area contributed by atoms with Gasteiger partial charge < -0.3 is 9.47 Å². The Morgan fingerprint density at radius 1 is 1.50 bits per heavy atom. The second-order valence-corrected chi connectivity index (χ2v) is 4.84. The topological polar surface area (TPSA) is 47.6 Å². The number of hydrogen-bond donors (Lipinski definition) is 1. The SMILES string of the molecule is COCCNC(C(=O)OC)c1ccc(Cl)c(Br)c1.